The van der Waals surface area contributed by atoms with Gasteiger partial charge >= 0.3 is 6.09 Å². The molecule has 1 aliphatic rings. The average Bonchev–Trinajstić information content (AvgIpc) is 2.93. The van der Waals surface area contributed by atoms with E-state index in [1.165, 1.54) is 0 Å². The van der Waals surface area contributed by atoms with E-state index < -0.39 is 5.60 Å². The Labute approximate surface area is 132 Å². The van der Waals surface area contributed by atoms with Crippen LogP contribution in [-0.2, 0) is 16.1 Å². The smallest absolute Gasteiger partial charge is 0.410 e. The summed E-state index contributed by atoms with van der Waals surface area (Å²) in [7, 11) is 1.65. The summed E-state index contributed by atoms with van der Waals surface area (Å²) in [6.07, 6.45) is 0.646. The number of hydrogen-bond donors (Lipinski definition) is 0. The van der Waals surface area contributed by atoms with Gasteiger partial charge in [-0.15, -0.1) is 0 Å². The summed E-state index contributed by atoms with van der Waals surface area (Å²) in [5, 5.41) is 0. The zero-order valence-corrected chi connectivity index (χ0v) is 13.8. The molecule has 0 bridgehead atoms. The Hall–Kier alpha value is -1.75. The third kappa shape index (κ3) is 4.91. The molecule has 1 amide bonds. The van der Waals surface area contributed by atoms with Gasteiger partial charge in [0.25, 0.3) is 0 Å². The summed E-state index contributed by atoms with van der Waals surface area (Å²) < 4.78 is 16.4. The Morgan fingerprint density at radius 2 is 1.95 bits per heavy atom. The van der Waals surface area contributed by atoms with Crippen LogP contribution in [0, 0.1) is 0 Å². The zero-order valence-electron chi connectivity index (χ0n) is 13.8. The molecule has 1 fully saturated rings. The molecule has 0 radical (unpaired) electrons. The minimum absolute atomic E-state index is 0.0645. The van der Waals surface area contributed by atoms with Crippen molar-refractivity contribution in [3.8, 4) is 5.75 Å². The maximum atomic E-state index is 12.0. The van der Waals surface area contributed by atoms with E-state index in [4.69, 9.17) is 14.2 Å². The number of likely N-dealkylation sites (tertiary alicyclic amines) is 1. The lowest BCUT2D eigenvalue weighted by Gasteiger charge is -2.24. The second-order valence-corrected chi connectivity index (χ2v) is 6.50. The molecule has 1 atom stereocenters. The lowest BCUT2D eigenvalue weighted by atomic mass is 10.2. The van der Waals surface area contributed by atoms with Crippen LogP contribution in [0.3, 0.4) is 0 Å². The Balaban J connectivity index is 1.77. The number of carbonyl (C=O) groups excluding carboxylic acids is 1. The van der Waals surface area contributed by atoms with E-state index in [9.17, 15) is 4.79 Å². The molecule has 1 heterocycles. The van der Waals surface area contributed by atoms with Crippen LogP contribution in [0.15, 0.2) is 24.3 Å². The highest BCUT2D eigenvalue weighted by molar-refractivity contribution is 5.68. The topological polar surface area (TPSA) is 48.0 Å². The predicted molar refractivity (Wildman–Crippen MR) is 84.0 cm³/mol. The lowest BCUT2D eigenvalue weighted by Crippen LogP contribution is -2.36. The molecule has 0 spiro atoms. The molecule has 0 saturated carbocycles. The molecule has 1 saturated heterocycles. The van der Waals surface area contributed by atoms with Crippen molar-refractivity contribution in [1.82, 2.24) is 4.90 Å². The van der Waals surface area contributed by atoms with Crippen LogP contribution in [0.1, 0.15) is 32.8 Å². The van der Waals surface area contributed by atoms with Gasteiger partial charge in [-0.25, -0.2) is 4.79 Å². The van der Waals surface area contributed by atoms with Gasteiger partial charge in [0.05, 0.1) is 26.4 Å². The van der Waals surface area contributed by atoms with E-state index in [2.05, 4.69) is 0 Å². The first-order valence-electron chi connectivity index (χ1n) is 7.60. The lowest BCUT2D eigenvalue weighted by molar-refractivity contribution is 0.0184. The molecule has 22 heavy (non-hydrogen) atoms. The highest BCUT2D eigenvalue weighted by Gasteiger charge is 2.30. The number of benzene rings is 1. The van der Waals surface area contributed by atoms with Crippen LogP contribution < -0.4 is 4.74 Å². The van der Waals surface area contributed by atoms with Gasteiger partial charge in [-0.1, -0.05) is 12.1 Å². The maximum absolute atomic E-state index is 12.0. The maximum Gasteiger partial charge on any atom is 0.410 e. The van der Waals surface area contributed by atoms with Crippen molar-refractivity contribution in [3.05, 3.63) is 29.8 Å². The SMILES string of the molecule is COc1ccc(CO[C@@H]2CCN(C(=O)OC(C)(C)C)C2)cc1. The van der Waals surface area contributed by atoms with E-state index in [1.54, 1.807) is 12.0 Å². The fourth-order valence-electron chi connectivity index (χ4n) is 2.29. The average molecular weight is 307 g/mol. The second-order valence-electron chi connectivity index (χ2n) is 6.50. The van der Waals surface area contributed by atoms with Crippen LogP contribution in [0.25, 0.3) is 0 Å². The van der Waals surface area contributed by atoms with Crippen molar-refractivity contribution in [2.75, 3.05) is 20.2 Å². The number of ether oxygens (including phenoxy) is 3. The highest BCUT2D eigenvalue weighted by Crippen LogP contribution is 2.19. The minimum atomic E-state index is -0.459. The normalized spacial score (nSPS) is 18.4. The van der Waals surface area contributed by atoms with Gasteiger partial charge in [-0.3, -0.25) is 0 Å². The molecular weight excluding hydrogens is 282 g/mol. The molecule has 1 aliphatic heterocycles. The van der Waals surface area contributed by atoms with E-state index in [0.717, 1.165) is 17.7 Å². The van der Waals surface area contributed by atoms with Gasteiger partial charge in [0.15, 0.2) is 0 Å². The summed E-state index contributed by atoms with van der Waals surface area (Å²) in [6.45, 7) is 7.43. The number of hydrogen-bond acceptors (Lipinski definition) is 4. The summed E-state index contributed by atoms with van der Waals surface area (Å²) in [5.41, 5.74) is 0.635. The van der Waals surface area contributed by atoms with Gasteiger partial charge < -0.3 is 19.1 Å². The van der Waals surface area contributed by atoms with Crippen LogP contribution in [0.2, 0.25) is 0 Å². The van der Waals surface area contributed by atoms with Gasteiger partial charge in [0, 0.05) is 6.54 Å². The van der Waals surface area contributed by atoms with Crippen molar-refractivity contribution >= 4 is 6.09 Å². The van der Waals surface area contributed by atoms with Crippen molar-refractivity contribution < 1.29 is 19.0 Å². The second kappa shape index (κ2) is 7.01. The molecular formula is C17H25NO4. The van der Waals surface area contributed by atoms with Crippen LogP contribution in [0.5, 0.6) is 5.75 Å². The standard InChI is InChI=1S/C17H25NO4/c1-17(2,3)22-16(19)18-10-9-15(11-18)21-12-13-5-7-14(20-4)8-6-13/h5-8,15H,9-12H2,1-4H3/t15-/m1/s1. The molecule has 5 heteroatoms. The number of nitrogens with zero attached hydrogens (tertiary/aromatic N) is 1. The van der Waals surface area contributed by atoms with E-state index in [0.29, 0.717) is 19.7 Å². The Bertz CT molecular complexity index is 492. The fraction of sp³-hybridized carbons (Fsp3) is 0.588. The first-order valence-corrected chi connectivity index (χ1v) is 7.60. The molecule has 0 unspecified atom stereocenters. The van der Waals surface area contributed by atoms with Crippen molar-refractivity contribution in [2.45, 2.75) is 45.5 Å². The molecule has 5 nitrogen and oxygen atoms in total. The Morgan fingerprint density at radius 1 is 1.27 bits per heavy atom. The minimum Gasteiger partial charge on any atom is -0.497 e. The monoisotopic (exact) mass is 307 g/mol. The summed E-state index contributed by atoms with van der Waals surface area (Å²) in [4.78, 5) is 13.7. The molecule has 122 valence electrons. The van der Waals surface area contributed by atoms with E-state index in [-0.39, 0.29) is 12.2 Å². The van der Waals surface area contributed by atoms with Crippen LogP contribution in [0.4, 0.5) is 4.79 Å². The molecule has 0 aromatic heterocycles. The van der Waals surface area contributed by atoms with Crippen molar-refractivity contribution in [1.29, 1.82) is 0 Å². The van der Waals surface area contributed by atoms with Crippen molar-refractivity contribution in [2.24, 2.45) is 0 Å². The number of methoxy groups -OCH3 is 1. The molecule has 1 aromatic rings. The van der Waals surface area contributed by atoms with Crippen LogP contribution >= 0.6 is 0 Å². The van der Waals surface area contributed by atoms with Crippen molar-refractivity contribution in [3.63, 3.8) is 0 Å². The van der Waals surface area contributed by atoms with Gasteiger partial charge in [-0.05, 0) is 44.9 Å². The molecule has 2 rings (SSSR count). The van der Waals surface area contributed by atoms with Gasteiger partial charge in [-0.2, -0.15) is 0 Å². The van der Waals surface area contributed by atoms with E-state index >= 15 is 0 Å². The quantitative estimate of drug-likeness (QED) is 0.857. The molecule has 0 N–H and O–H groups in total. The number of rotatable bonds is 4. The third-order valence-electron chi connectivity index (χ3n) is 3.44. The molecule has 1 aromatic carbocycles. The zero-order chi connectivity index (χ0) is 16.2. The fourth-order valence-corrected chi connectivity index (χ4v) is 2.29. The Morgan fingerprint density at radius 3 is 2.55 bits per heavy atom. The highest BCUT2D eigenvalue weighted by atomic mass is 16.6. The summed E-state index contributed by atoms with van der Waals surface area (Å²) in [6, 6.07) is 7.81. The first kappa shape index (κ1) is 16.6. The van der Waals surface area contributed by atoms with Gasteiger partial charge in [0.2, 0.25) is 0 Å². The van der Waals surface area contributed by atoms with Gasteiger partial charge in [0.1, 0.15) is 11.4 Å². The predicted octanol–water partition coefficient (Wildman–Crippen LogP) is 3.22. The summed E-state index contributed by atoms with van der Waals surface area (Å²) in [5.74, 6) is 0.834. The third-order valence-corrected chi connectivity index (χ3v) is 3.44. The Kier molecular flexibility index (Phi) is 5.29. The first-order chi connectivity index (χ1) is 10.4. The largest absolute Gasteiger partial charge is 0.497 e. The number of amides is 1. The summed E-state index contributed by atoms with van der Waals surface area (Å²) >= 11 is 0. The molecule has 0 aliphatic carbocycles. The van der Waals surface area contributed by atoms with Crippen LogP contribution in [-0.4, -0.2) is 42.9 Å². The van der Waals surface area contributed by atoms with E-state index in [1.807, 2.05) is 45.0 Å². The number of carbonyl (C=O) groups is 1.